The smallest absolute Gasteiger partial charge is 0.208 e. The van der Waals surface area contributed by atoms with Crippen LogP contribution in [0.1, 0.15) is 6.42 Å². The van der Waals surface area contributed by atoms with Gasteiger partial charge in [-0.15, -0.1) is 0 Å². The van der Waals surface area contributed by atoms with Crippen LogP contribution in [0.4, 0.5) is 4.39 Å². The molecule has 0 aliphatic rings. The molecular weight excluding hydrogens is 399 g/mol. The molecule has 3 aromatic rings. The van der Waals surface area contributed by atoms with E-state index >= 15 is 0 Å². The SMILES string of the molecule is COc1ccc(-c2c[nH]c3c(OCCCNS(C)(=O)=O)ccc(F)c3c2=O)cc1. The zero-order valence-corrected chi connectivity index (χ0v) is 16.8. The third-order valence-corrected chi connectivity index (χ3v) is 5.02. The number of aromatic amines is 1. The van der Waals surface area contributed by atoms with E-state index in [1.165, 1.54) is 18.3 Å². The minimum atomic E-state index is -3.26. The number of H-pyrrole nitrogens is 1. The van der Waals surface area contributed by atoms with Crippen molar-refractivity contribution in [3.05, 3.63) is 58.6 Å². The van der Waals surface area contributed by atoms with Gasteiger partial charge in [0.05, 0.1) is 30.9 Å². The lowest BCUT2D eigenvalue weighted by Gasteiger charge is -2.11. The molecule has 0 bridgehead atoms. The Labute approximate surface area is 167 Å². The Hall–Kier alpha value is -2.91. The van der Waals surface area contributed by atoms with Crippen molar-refractivity contribution in [2.24, 2.45) is 0 Å². The van der Waals surface area contributed by atoms with E-state index < -0.39 is 21.3 Å². The molecule has 0 radical (unpaired) electrons. The normalized spacial score (nSPS) is 11.6. The van der Waals surface area contributed by atoms with Crippen molar-refractivity contribution in [2.75, 3.05) is 26.5 Å². The van der Waals surface area contributed by atoms with Crippen LogP contribution in [0.15, 0.2) is 47.4 Å². The minimum absolute atomic E-state index is 0.0925. The standard InChI is InChI=1S/C20H21FN2O5S/c1-27-14-6-4-13(5-7-14)15-12-22-19-17(9-8-16(21)18(19)20(15)24)28-11-3-10-23-29(2,25)26/h4-9,12,23H,3,10-11H2,1-2H3,(H,22,24). The van der Waals surface area contributed by atoms with E-state index in [1.54, 1.807) is 31.4 Å². The van der Waals surface area contributed by atoms with Crippen molar-refractivity contribution in [3.63, 3.8) is 0 Å². The maximum absolute atomic E-state index is 14.4. The van der Waals surface area contributed by atoms with Gasteiger partial charge in [-0.3, -0.25) is 4.79 Å². The van der Waals surface area contributed by atoms with Crippen LogP contribution in [0.2, 0.25) is 0 Å². The fourth-order valence-corrected chi connectivity index (χ4v) is 3.40. The molecule has 0 spiro atoms. The second-order valence-corrected chi connectivity index (χ2v) is 8.26. The van der Waals surface area contributed by atoms with Gasteiger partial charge < -0.3 is 14.5 Å². The average molecular weight is 420 g/mol. The molecule has 29 heavy (non-hydrogen) atoms. The summed E-state index contributed by atoms with van der Waals surface area (Å²) in [6.07, 6.45) is 3.01. The monoisotopic (exact) mass is 420 g/mol. The number of fused-ring (bicyclic) bond motifs is 1. The minimum Gasteiger partial charge on any atom is -0.497 e. The zero-order valence-electron chi connectivity index (χ0n) is 16.0. The Morgan fingerprint density at radius 3 is 2.52 bits per heavy atom. The number of hydrogen-bond donors (Lipinski definition) is 2. The molecule has 1 heterocycles. The number of sulfonamides is 1. The summed E-state index contributed by atoms with van der Waals surface area (Å²) in [6.45, 7) is 0.418. The Bertz CT molecular complexity index is 1170. The third-order valence-electron chi connectivity index (χ3n) is 4.29. The van der Waals surface area contributed by atoms with E-state index in [-0.39, 0.29) is 24.1 Å². The number of methoxy groups -OCH3 is 1. The Morgan fingerprint density at radius 2 is 1.86 bits per heavy atom. The molecule has 154 valence electrons. The molecule has 2 N–H and O–H groups in total. The highest BCUT2D eigenvalue weighted by Gasteiger charge is 2.15. The number of nitrogens with one attached hydrogen (secondary N) is 2. The first kappa shape index (κ1) is 20.8. The number of halogens is 1. The van der Waals surface area contributed by atoms with Crippen LogP contribution in [0.3, 0.4) is 0 Å². The van der Waals surface area contributed by atoms with Crippen LogP contribution >= 0.6 is 0 Å². The van der Waals surface area contributed by atoms with E-state index in [1.807, 2.05) is 0 Å². The van der Waals surface area contributed by atoms with Gasteiger partial charge in [-0.2, -0.15) is 0 Å². The summed E-state index contributed by atoms with van der Waals surface area (Å²) in [5.41, 5.74) is 0.758. The Morgan fingerprint density at radius 1 is 1.14 bits per heavy atom. The molecular formula is C20H21FN2O5S. The molecule has 0 amide bonds. The van der Waals surface area contributed by atoms with Crippen molar-refractivity contribution in [2.45, 2.75) is 6.42 Å². The van der Waals surface area contributed by atoms with Gasteiger partial charge >= 0.3 is 0 Å². The van der Waals surface area contributed by atoms with Gasteiger partial charge in [0, 0.05) is 18.3 Å². The summed E-state index contributed by atoms with van der Waals surface area (Å²) < 4.78 is 49.7. The maximum atomic E-state index is 14.4. The highest BCUT2D eigenvalue weighted by Crippen LogP contribution is 2.27. The van der Waals surface area contributed by atoms with Gasteiger partial charge in [-0.05, 0) is 36.2 Å². The average Bonchev–Trinajstić information content (AvgIpc) is 2.68. The Balaban J connectivity index is 1.87. The number of hydrogen-bond acceptors (Lipinski definition) is 5. The van der Waals surface area contributed by atoms with Crippen LogP contribution in [0.5, 0.6) is 11.5 Å². The lowest BCUT2D eigenvalue weighted by Crippen LogP contribution is -2.24. The zero-order chi connectivity index (χ0) is 21.0. The molecule has 1 aromatic heterocycles. The molecule has 3 rings (SSSR count). The first-order valence-electron chi connectivity index (χ1n) is 8.86. The molecule has 0 aliphatic heterocycles. The largest absolute Gasteiger partial charge is 0.497 e. The van der Waals surface area contributed by atoms with Crippen LogP contribution in [-0.4, -0.2) is 39.9 Å². The van der Waals surface area contributed by atoms with Gasteiger partial charge in [0.15, 0.2) is 5.43 Å². The molecule has 7 nitrogen and oxygen atoms in total. The number of aromatic nitrogens is 1. The first-order chi connectivity index (χ1) is 13.8. The molecule has 0 unspecified atom stereocenters. The number of benzene rings is 2. The topological polar surface area (TPSA) is 97.5 Å². The van der Waals surface area contributed by atoms with Gasteiger partial charge in [0.25, 0.3) is 0 Å². The fraction of sp³-hybridized carbons (Fsp3) is 0.250. The number of ether oxygens (including phenoxy) is 2. The van der Waals surface area contributed by atoms with Crippen LogP contribution in [-0.2, 0) is 10.0 Å². The molecule has 0 aliphatic carbocycles. The predicted octanol–water partition coefficient (Wildman–Crippen LogP) is 2.66. The van der Waals surface area contributed by atoms with Crippen molar-refractivity contribution in [3.8, 4) is 22.6 Å². The van der Waals surface area contributed by atoms with Crippen LogP contribution in [0.25, 0.3) is 22.0 Å². The van der Waals surface area contributed by atoms with Crippen molar-refractivity contribution >= 4 is 20.9 Å². The van der Waals surface area contributed by atoms with E-state index in [0.29, 0.717) is 29.0 Å². The Kier molecular flexibility index (Phi) is 6.19. The summed E-state index contributed by atoms with van der Waals surface area (Å²) in [6, 6.07) is 9.51. The summed E-state index contributed by atoms with van der Waals surface area (Å²) in [7, 11) is -1.71. The van der Waals surface area contributed by atoms with E-state index in [0.717, 1.165) is 6.26 Å². The second kappa shape index (κ2) is 8.62. The van der Waals surface area contributed by atoms with Crippen molar-refractivity contribution in [1.82, 2.24) is 9.71 Å². The number of pyridine rings is 1. The summed E-state index contributed by atoms with van der Waals surface area (Å²) in [5.74, 6) is 0.319. The van der Waals surface area contributed by atoms with E-state index in [2.05, 4.69) is 9.71 Å². The summed E-state index contributed by atoms with van der Waals surface area (Å²) in [4.78, 5) is 15.9. The highest BCUT2D eigenvalue weighted by atomic mass is 32.2. The van der Waals surface area contributed by atoms with Crippen LogP contribution in [0, 0.1) is 5.82 Å². The van der Waals surface area contributed by atoms with Gasteiger partial charge in [-0.25, -0.2) is 17.5 Å². The van der Waals surface area contributed by atoms with E-state index in [4.69, 9.17) is 9.47 Å². The highest BCUT2D eigenvalue weighted by molar-refractivity contribution is 7.88. The molecule has 0 fully saturated rings. The third kappa shape index (κ3) is 4.93. The lowest BCUT2D eigenvalue weighted by atomic mass is 10.0. The number of rotatable bonds is 8. The predicted molar refractivity (Wildman–Crippen MR) is 109 cm³/mol. The van der Waals surface area contributed by atoms with Crippen molar-refractivity contribution < 1.29 is 22.3 Å². The summed E-state index contributed by atoms with van der Waals surface area (Å²) >= 11 is 0. The van der Waals surface area contributed by atoms with Gasteiger partial charge in [0.2, 0.25) is 10.0 Å². The van der Waals surface area contributed by atoms with Gasteiger partial charge in [0.1, 0.15) is 17.3 Å². The second-order valence-electron chi connectivity index (χ2n) is 6.42. The van der Waals surface area contributed by atoms with Gasteiger partial charge in [-0.1, -0.05) is 12.1 Å². The lowest BCUT2D eigenvalue weighted by molar-refractivity contribution is 0.314. The molecule has 2 aromatic carbocycles. The fourth-order valence-electron chi connectivity index (χ4n) is 2.89. The van der Waals surface area contributed by atoms with Crippen molar-refractivity contribution in [1.29, 1.82) is 0 Å². The quantitative estimate of drug-likeness (QED) is 0.546. The molecule has 0 saturated carbocycles. The molecule has 0 saturated heterocycles. The summed E-state index contributed by atoms with van der Waals surface area (Å²) in [5, 5.41) is -0.0925. The molecule has 9 heteroatoms. The first-order valence-corrected chi connectivity index (χ1v) is 10.7. The molecule has 0 atom stereocenters. The van der Waals surface area contributed by atoms with E-state index in [9.17, 15) is 17.6 Å². The van der Waals surface area contributed by atoms with Crippen LogP contribution < -0.4 is 19.6 Å². The maximum Gasteiger partial charge on any atom is 0.208 e.